The van der Waals surface area contributed by atoms with Gasteiger partial charge in [0.1, 0.15) is 0 Å². The van der Waals surface area contributed by atoms with E-state index in [-0.39, 0.29) is 23.2 Å². The van der Waals surface area contributed by atoms with Crippen LogP contribution < -0.4 is 4.74 Å². The van der Waals surface area contributed by atoms with Gasteiger partial charge >= 0.3 is 0 Å². The molecule has 0 amide bonds. The van der Waals surface area contributed by atoms with Crippen LogP contribution in [0.5, 0.6) is 5.75 Å². The number of ether oxygens (including phenoxy) is 3. The van der Waals surface area contributed by atoms with Crippen LogP contribution in [0, 0.1) is 9.39 Å². The summed E-state index contributed by atoms with van der Waals surface area (Å²) in [7, 11) is 1.45. The van der Waals surface area contributed by atoms with Crippen LogP contribution in [0.2, 0.25) is 5.28 Å². The lowest BCUT2D eigenvalue weighted by molar-refractivity contribution is -0.165. The topological polar surface area (TPSA) is 66.4 Å². The van der Waals surface area contributed by atoms with Crippen molar-refractivity contribution in [2.75, 3.05) is 20.3 Å². The molecular formula is C28H26ClFIN3O3. The van der Waals surface area contributed by atoms with Crippen LogP contribution >= 0.6 is 34.2 Å². The molecule has 1 aliphatic rings. The minimum Gasteiger partial charge on any atom is -0.494 e. The third-order valence-electron chi connectivity index (χ3n) is 6.56. The number of hydrogen-bond donors (Lipinski definition) is 0. The predicted octanol–water partition coefficient (Wildman–Crippen LogP) is 6.89. The van der Waals surface area contributed by atoms with Gasteiger partial charge in [0.05, 0.1) is 24.9 Å². The second-order valence-corrected chi connectivity index (χ2v) is 10.5. The Morgan fingerprint density at radius 3 is 2.76 bits per heavy atom. The van der Waals surface area contributed by atoms with Crippen molar-refractivity contribution in [1.82, 2.24) is 15.0 Å². The quantitative estimate of drug-likeness (QED) is 0.156. The van der Waals surface area contributed by atoms with E-state index in [1.165, 1.54) is 13.2 Å². The van der Waals surface area contributed by atoms with E-state index in [1.54, 1.807) is 12.3 Å². The highest BCUT2D eigenvalue weighted by molar-refractivity contribution is 14.1. The van der Waals surface area contributed by atoms with Crippen LogP contribution in [0.15, 0.2) is 60.8 Å². The van der Waals surface area contributed by atoms with Gasteiger partial charge in [-0.15, -0.1) is 0 Å². The number of halogens is 3. The van der Waals surface area contributed by atoms with Crippen LogP contribution in [-0.2, 0) is 9.47 Å². The highest BCUT2D eigenvalue weighted by atomic mass is 127. The van der Waals surface area contributed by atoms with Crippen molar-refractivity contribution < 1.29 is 18.6 Å². The van der Waals surface area contributed by atoms with Crippen LogP contribution in [0.1, 0.15) is 48.0 Å². The first-order chi connectivity index (χ1) is 18.0. The van der Waals surface area contributed by atoms with Gasteiger partial charge < -0.3 is 14.2 Å². The molecule has 0 saturated carbocycles. The normalized spacial score (nSPS) is 17.5. The molecule has 3 heterocycles. The molecule has 6 nitrogen and oxygen atoms in total. The zero-order chi connectivity index (χ0) is 25.8. The molecule has 9 heteroatoms. The first-order valence-electron chi connectivity index (χ1n) is 12.1. The van der Waals surface area contributed by atoms with Gasteiger partial charge in [0.15, 0.2) is 17.9 Å². The SMILES string of the molecule is COc1ccc(C(c2nc(Cl)nc3ccc(I)cc23)C(COC2CCCCO2)c2ccccn2)cc1F. The number of nitrogens with zero attached hydrogens (tertiary/aromatic N) is 3. The summed E-state index contributed by atoms with van der Waals surface area (Å²) in [6, 6.07) is 16.7. The molecule has 3 atom stereocenters. The summed E-state index contributed by atoms with van der Waals surface area (Å²) in [5.41, 5.74) is 2.90. The van der Waals surface area contributed by atoms with Crippen molar-refractivity contribution in [3.63, 3.8) is 0 Å². The minimum absolute atomic E-state index is 0.124. The maximum atomic E-state index is 15.1. The average molecular weight is 634 g/mol. The number of hydrogen-bond acceptors (Lipinski definition) is 6. The fourth-order valence-corrected chi connectivity index (χ4v) is 5.46. The van der Waals surface area contributed by atoms with E-state index >= 15 is 4.39 Å². The second-order valence-electron chi connectivity index (χ2n) is 8.90. The van der Waals surface area contributed by atoms with E-state index in [9.17, 15) is 0 Å². The number of fused-ring (bicyclic) bond motifs is 1. The number of methoxy groups -OCH3 is 1. The van der Waals surface area contributed by atoms with Gasteiger partial charge in [0, 0.05) is 39.3 Å². The van der Waals surface area contributed by atoms with Gasteiger partial charge in [0.2, 0.25) is 5.28 Å². The molecular weight excluding hydrogens is 608 g/mol. The van der Waals surface area contributed by atoms with E-state index in [0.717, 1.165) is 33.9 Å². The van der Waals surface area contributed by atoms with Crippen LogP contribution in [0.25, 0.3) is 10.9 Å². The molecule has 5 rings (SSSR count). The van der Waals surface area contributed by atoms with Crippen molar-refractivity contribution in [3.05, 3.63) is 92.4 Å². The molecule has 1 saturated heterocycles. The minimum atomic E-state index is -0.458. The Hall–Kier alpha value is -2.40. The average Bonchev–Trinajstić information content (AvgIpc) is 2.92. The van der Waals surface area contributed by atoms with Gasteiger partial charge in [-0.1, -0.05) is 12.1 Å². The Labute approximate surface area is 233 Å². The van der Waals surface area contributed by atoms with Crippen LogP contribution in [0.4, 0.5) is 4.39 Å². The lowest BCUT2D eigenvalue weighted by Gasteiger charge is -2.30. The van der Waals surface area contributed by atoms with E-state index in [0.29, 0.717) is 30.0 Å². The molecule has 2 aromatic heterocycles. The smallest absolute Gasteiger partial charge is 0.223 e. The summed E-state index contributed by atoms with van der Waals surface area (Å²) in [4.78, 5) is 13.8. The molecule has 0 bridgehead atoms. The summed E-state index contributed by atoms with van der Waals surface area (Å²) in [5.74, 6) is -1.05. The van der Waals surface area contributed by atoms with E-state index < -0.39 is 11.7 Å². The number of aromatic nitrogens is 3. The van der Waals surface area contributed by atoms with Gasteiger partial charge in [-0.25, -0.2) is 14.4 Å². The zero-order valence-corrected chi connectivity index (χ0v) is 23.2. The Balaban J connectivity index is 1.69. The van der Waals surface area contributed by atoms with E-state index in [4.69, 9.17) is 30.8 Å². The van der Waals surface area contributed by atoms with E-state index in [2.05, 4.69) is 32.6 Å². The van der Waals surface area contributed by atoms with Crippen LogP contribution in [0.3, 0.4) is 0 Å². The molecule has 1 fully saturated rings. The molecule has 192 valence electrons. The molecule has 0 N–H and O–H groups in total. The Bertz CT molecular complexity index is 1370. The molecule has 0 aliphatic carbocycles. The summed E-state index contributed by atoms with van der Waals surface area (Å²) in [6.45, 7) is 0.976. The lowest BCUT2D eigenvalue weighted by atomic mass is 9.80. The van der Waals surface area contributed by atoms with Crippen molar-refractivity contribution in [2.24, 2.45) is 0 Å². The summed E-state index contributed by atoms with van der Waals surface area (Å²) < 4.78 is 33.4. The highest BCUT2D eigenvalue weighted by Crippen LogP contribution is 2.42. The second kappa shape index (κ2) is 12.0. The van der Waals surface area contributed by atoms with Gasteiger partial charge in [-0.05, 0) is 101 Å². The van der Waals surface area contributed by atoms with Gasteiger partial charge in [-0.3, -0.25) is 4.98 Å². The maximum absolute atomic E-state index is 15.1. The highest BCUT2D eigenvalue weighted by Gasteiger charge is 2.33. The van der Waals surface area contributed by atoms with Crippen molar-refractivity contribution >= 4 is 45.1 Å². The first kappa shape index (κ1) is 26.2. The lowest BCUT2D eigenvalue weighted by Crippen LogP contribution is -2.27. The van der Waals surface area contributed by atoms with Crippen LogP contribution in [-0.4, -0.2) is 41.6 Å². The van der Waals surface area contributed by atoms with E-state index in [1.807, 2.05) is 42.5 Å². The molecule has 0 spiro atoms. The van der Waals surface area contributed by atoms with Crippen molar-refractivity contribution in [1.29, 1.82) is 0 Å². The van der Waals surface area contributed by atoms with Crippen molar-refractivity contribution in [2.45, 2.75) is 37.4 Å². The largest absolute Gasteiger partial charge is 0.494 e. The summed E-state index contributed by atoms with van der Waals surface area (Å²) in [5, 5.41) is 0.964. The third kappa shape index (κ3) is 6.03. The predicted molar refractivity (Wildman–Crippen MR) is 149 cm³/mol. The molecule has 0 radical (unpaired) electrons. The fourth-order valence-electron chi connectivity index (χ4n) is 4.79. The number of benzene rings is 2. The van der Waals surface area contributed by atoms with Gasteiger partial charge in [0.25, 0.3) is 0 Å². The molecule has 1 aliphatic heterocycles. The summed E-state index contributed by atoms with van der Waals surface area (Å²) >= 11 is 8.70. The standard InChI is InChI=1S/C28H26ClFIN3O3/c1-35-24-11-8-17(14-21(24)30)26(27-19-15-18(31)9-10-23(19)33-28(29)34-27)20(22-6-2-4-12-32-22)16-37-25-7-3-5-13-36-25/h2,4,6,8-12,14-15,20,25-26H,3,5,7,13,16H2,1H3. The zero-order valence-electron chi connectivity index (χ0n) is 20.2. The Morgan fingerprint density at radius 2 is 2.03 bits per heavy atom. The maximum Gasteiger partial charge on any atom is 0.223 e. The first-order valence-corrected chi connectivity index (χ1v) is 13.6. The number of pyridine rings is 1. The Kier molecular flexibility index (Phi) is 8.49. The summed E-state index contributed by atoms with van der Waals surface area (Å²) in [6.07, 6.45) is 4.37. The third-order valence-corrected chi connectivity index (χ3v) is 7.40. The number of rotatable bonds is 8. The van der Waals surface area contributed by atoms with Crippen molar-refractivity contribution in [3.8, 4) is 5.75 Å². The molecule has 4 aromatic rings. The molecule has 3 unspecified atom stereocenters. The fraction of sp³-hybridized carbons (Fsp3) is 0.321. The Morgan fingerprint density at radius 1 is 1.14 bits per heavy atom. The molecule has 37 heavy (non-hydrogen) atoms. The van der Waals surface area contributed by atoms with Gasteiger partial charge in [-0.2, -0.15) is 0 Å². The monoisotopic (exact) mass is 633 g/mol. The molecule has 2 aromatic carbocycles.